The Kier molecular flexibility index (Phi) is 4.76. The molecule has 1 aromatic rings. The van der Waals surface area contributed by atoms with E-state index in [0.717, 1.165) is 24.8 Å². The Labute approximate surface area is 137 Å². The van der Waals surface area contributed by atoms with Crippen LogP contribution in [0, 0.1) is 5.92 Å². The lowest BCUT2D eigenvalue weighted by atomic mass is 9.84. The Hall–Kier alpha value is -1.75. The predicted octanol–water partition coefficient (Wildman–Crippen LogP) is 2.92. The van der Waals surface area contributed by atoms with E-state index in [9.17, 15) is 9.90 Å². The highest BCUT2D eigenvalue weighted by atomic mass is 16.5. The van der Waals surface area contributed by atoms with Crippen LogP contribution in [0.25, 0.3) is 0 Å². The van der Waals surface area contributed by atoms with Gasteiger partial charge in [-0.2, -0.15) is 0 Å². The Balaban J connectivity index is 1.82. The second kappa shape index (κ2) is 6.79. The molecule has 5 nitrogen and oxygen atoms in total. The molecule has 3 unspecified atom stereocenters. The zero-order chi connectivity index (χ0) is 16.4. The molecule has 0 aromatic heterocycles. The maximum absolute atomic E-state index is 11.7. The predicted molar refractivity (Wildman–Crippen MR) is 86.9 cm³/mol. The molecule has 0 bridgehead atoms. The first kappa shape index (κ1) is 16.1. The molecule has 3 rings (SSSR count). The molecule has 0 radical (unpaired) electrons. The number of rotatable bonds is 5. The maximum Gasteiger partial charge on any atom is 0.320 e. The minimum atomic E-state index is -0.695. The highest BCUT2D eigenvalue weighted by Crippen LogP contribution is 2.41. The first-order chi connectivity index (χ1) is 11.1. The van der Waals surface area contributed by atoms with Gasteiger partial charge in [-0.25, -0.2) is 0 Å². The van der Waals surface area contributed by atoms with Crippen LogP contribution in [-0.2, 0) is 11.3 Å². The molecule has 1 saturated carbocycles. The SMILES string of the molecule is COc1ccc(CN2C(C(=O)O)CC3CCCCC32)cc1OC. The van der Waals surface area contributed by atoms with Gasteiger partial charge in [0.15, 0.2) is 11.5 Å². The highest BCUT2D eigenvalue weighted by Gasteiger charge is 2.44. The van der Waals surface area contributed by atoms with Gasteiger partial charge in [0.2, 0.25) is 0 Å². The van der Waals surface area contributed by atoms with Crippen molar-refractivity contribution in [2.75, 3.05) is 14.2 Å². The number of hydrogen-bond donors (Lipinski definition) is 1. The van der Waals surface area contributed by atoms with E-state index in [0.29, 0.717) is 30.0 Å². The second-order valence-corrected chi connectivity index (χ2v) is 6.56. The lowest BCUT2D eigenvalue weighted by Crippen LogP contribution is -2.41. The van der Waals surface area contributed by atoms with Crippen molar-refractivity contribution in [2.45, 2.75) is 50.7 Å². The van der Waals surface area contributed by atoms with Gasteiger partial charge in [0, 0.05) is 12.6 Å². The van der Waals surface area contributed by atoms with Crippen molar-refractivity contribution in [1.82, 2.24) is 4.90 Å². The molecule has 1 N–H and O–H groups in total. The van der Waals surface area contributed by atoms with E-state index in [2.05, 4.69) is 4.90 Å². The van der Waals surface area contributed by atoms with Crippen LogP contribution in [0.2, 0.25) is 0 Å². The number of carboxylic acids is 1. The summed E-state index contributed by atoms with van der Waals surface area (Å²) in [5.41, 5.74) is 1.07. The maximum atomic E-state index is 11.7. The van der Waals surface area contributed by atoms with E-state index >= 15 is 0 Å². The summed E-state index contributed by atoms with van der Waals surface area (Å²) < 4.78 is 10.6. The summed E-state index contributed by atoms with van der Waals surface area (Å²) >= 11 is 0. The molecular weight excluding hydrogens is 294 g/mol. The summed E-state index contributed by atoms with van der Waals surface area (Å²) in [7, 11) is 3.24. The molecular formula is C18H25NO4. The summed E-state index contributed by atoms with van der Waals surface area (Å²) in [5.74, 6) is 1.23. The van der Waals surface area contributed by atoms with Crippen LogP contribution in [-0.4, -0.2) is 42.3 Å². The van der Waals surface area contributed by atoms with Crippen molar-refractivity contribution in [3.63, 3.8) is 0 Å². The molecule has 2 aliphatic rings. The molecule has 1 aliphatic carbocycles. The molecule has 0 amide bonds. The van der Waals surface area contributed by atoms with Crippen LogP contribution in [0.5, 0.6) is 11.5 Å². The van der Waals surface area contributed by atoms with Crippen LogP contribution in [0.4, 0.5) is 0 Å². The molecule has 0 spiro atoms. The third-order valence-electron chi connectivity index (χ3n) is 5.32. The number of likely N-dealkylation sites (tertiary alicyclic amines) is 1. The van der Waals surface area contributed by atoms with Crippen LogP contribution in [0.15, 0.2) is 18.2 Å². The molecule has 1 aromatic carbocycles. The quantitative estimate of drug-likeness (QED) is 0.904. The number of benzene rings is 1. The number of methoxy groups -OCH3 is 2. The molecule has 1 heterocycles. The summed E-state index contributed by atoms with van der Waals surface area (Å²) in [6.07, 6.45) is 5.50. The molecule has 1 saturated heterocycles. The fourth-order valence-electron chi connectivity index (χ4n) is 4.21. The van der Waals surface area contributed by atoms with E-state index in [1.165, 1.54) is 12.8 Å². The van der Waals surface area contributed by atoms with Gasteiger partial charge in [0.25, 0.3) is 0 Å². The van der Waals surface area contributed by atoms with Crippen molar-refractivity contribution < 1.29 is 19.4 Å². The number of nitrogens with zero attached hydrogens (tertiary/aromatic N) is 1. The van der Waals surface area contributed by atoms with Crippen LogP contribution in [0.1, 0.15) is 37.7 Å². The van der Waals surface area contributed by atoms with Gasteiger partial charge >= 0.3 is 5.97 Å². The van der Waals surface area contributed by atoms with Crippen LogP contribution < -0.4 is 9.47 Å². The van der Waals surface area contributed by atoms with Gasteiger partial charge in [-0.1, -0.05) is 18.9 Å². The first-order valence-electron chi connectivity index (χ1n) is 8.33. The van der Waals surface area contributed by atoms with Gasteiger partial charge in [-0.3, -0.25) is 9.69 Å². The monoisotopic (exact) mass is 319 g/mol. The summed E-state index contributed by atoms with van der Waals surface area (Å²) in [4.78, 5) is 13.9. The average molecular weight is 319 g/mol. The van der Waals surface area contributed by atoms with E-state index < -0.39 is 5.97 Å². The summed E-state index contributed by atoms with van der Waals surface area (Å²) in [6, 6.07) is 5.87. The van der Waals surface area contributed by atoms with Crippen molar-refractivity contribution in [3.8, 4) is 11.5 Å². The zero-order valence-electron chi connectivity index (χ0n) is 13.8. The second-order valence-electron chi connectivity index (χ2n) is 6.56. The van der Waals surface area contributed by atoms with E-state index in [1.54, 1.807) is 14.2 Å². The number of aliphatic carboxylic acids is 1. The van der Waals surface area contributed by atoms with Gasteiger partial charge in [0.05, 0.1) is 14.2 Å². The number of hydrogen-bond acceptors (Lipinski definition) is 4. The fourth-order valence-corrected chi connectivity index (χ4v) is 4.21. The smallest absolute Gasteiger partial charge is 0.320 e. The lowest BCUT2D eigenvalue weighted by molar-refractivity contribution is -0.142. The van der Waals surface area contributed by atoms with Gasteiger partial charge < -0.3 is 14.6 Å². The molecule has 5 heteroatoms. The summed E-state index contributed by atoms with van der Waals surface area (Å²) in [6.45, 7) is 0.651. The van der Waals surface area contributed by atoms with Gasteiger partial charge in [-0.15, -0.1) is 0 Å². The summed E-state index contributed by atoms with van der Waals surface area (Å²) in [5, 5.41) is 9.61. The van der Waals surface area contributed by atoms with Crippen LogP contribution >= 0.6 is 0 Å². The first-order valence-corrected chi connectivity index (χ1v) is 8.33. The van der Waals surface area contributed by atoms with Gasteiger partial charge in [0.1, 0.15) is 6.04 Å². The highest BCUT2D eigenvalue weighted by molar-refractivity contribution is 5.74. The molecule has 1 aliphatic heterocycles. The van der Waals surface area contributed by atoms with Crippen molar-refractivity contribution >= 4 is 5.97 Å². The minimum absolute atomic E-state index is 0.365. The Morgan fingerprint density at radius 2 is 1.96 bits per heavy atom. The Bertz CT molecular complexity index is 574. The number of fused-ring (bicyclic) bond motifs is 1. The standard InChI is InChI=1S/C18H25NO4/c1-22-16-8-7-12(9-17(16)23-2)11-19-14-6-4-3-5-13(14)10-15(19)18(20)21/h7-9,13-15H,3-6,10-11H2,1-2H3,(H,20,21). The fraction of sp³-hybridized carbons (Fsp3) is 0.611. The number of ether oxygens (including phenoxy) is 2. The van der Waals surface area contributed by atoms with E-state index in [-0.39, 0.29) is 6.04 Å². The van der Waals surface area contributed by atoms with Gasteiger partial charge in [-0.05, 0) is 42.9 Å². The minimum Gasteiger partial charge on any atom is -0.493 e. The molecule has 23 heavy (non-hydrogen) atoms. The molecule has 3 atom stereocenters. The van der Waals surface area contributed by atoms with E-state index in [1.807, 2.05) is 18.2 Å². The average Bonchev–Trinajstić information content (AvgIpc) is 2.94. The number of carbonyl (C=O) groups is 1. The van der Waals surface area contributed by atoms with Crippen molar-refractivity contribution in [1.29, 1.82) is 0 Å². The largest absolute Gasteiger partial charge is 0.493 e. The molecule has 126 valence electrons. The molecule has 2 fully saturated rings. The third-order valence-corrected chi connectivity index (χ3v) is 5.32. The van der Waals surface area contributed by atoms with Crippen molar-refractivity contribution in [3.05, 3.63) is 23.8 Å². The van der Waals surface area contributed by atoms with Crippen molar-refractivity contribution in [2.24, 2.45) is 5.92 Å². The normalized spacial score (nSPS) is 27.5. The lowest BCUT2D eigenvalue weighted by Gasteiger charge is -2.33. The Morgan fingerprint density at radius 3 is 2.65 bits per heavy atom. The topological polar surface area (TPSA) is 59.0 Å². The zero-order valence-corrected chi connectivity index (χ0v) is 13.8. The van der Waals surface area contributed by atoms with Crippen LogP contribution in [0.3, 0.4) is 0 Å². The Morgan fingerprint density at radius 1 is 1.22 bits per heavy atom. The number of carboxylic acid groups (broad SMARTS) is 1. The van der Waals surface area contributed by atoms with E-state index in [4.69, 9.17) is 9.47 Å². The third kappa shape index (κ3) is 3.15.